The molecule has 0 bridgehead atoms. The fourth-order valence-electron chi connectivity index (χ4n) is 7.80. The Morgan fingerprint density at radius 2 is 1.96 bits per heavy atom. The van der Waals surface area contributed by atoms with Crippen molar-refractivity contribution in [1.29, 1.82) is 0 Å². The standard InChI is InChI=1S/C37H44FN5O4/c1-21-25-10-8-16-46-33(25)28(38)18-26(21)32-27-19-29(23-11-12-39-30(17-23)43-15-14-42-13-7-9-24(42)20-43)41(6)35(27)40-22(2)31(32)34(36(44)45)47-37(3,4)5/h11-12,17-19,24,34H,7-10,13-16,20H2,1-6H3,(H,44,45)/t24?,34-/m0/s1. The van der Waals surface area contributed by atoms with Crippen molar-refractivity contribution in [2.24, 2.45) is 7.05 Å². The summed E-state index contributed by atoms with van der Waals surface area (Å²) in [4.78, 5) is 27.7. The van der Waals surface area contributed by atoms with Crippen LogP contribution in [0.1, 0.15) is 68.5 Å². The molecule has 1 aromatic carbocycles. The van der Waals surface area contributed by atoms with E-state index < -0.39 is 23.5 Å². The van der Waals surface area contributed by atoms with Gasteiger partial charge in [0.1, 0.15) is 11.5 Å². The van der Waals surface area contributed by atoms with Gasteiger partial charge in [0.25, 0.3) is 0 Å². The van der Waals surface area contributed by atoms with Gasteiger partial charge in [-0.25, -0.2) is 19.2 Å². The van der Waals surface area contributed by atoms with E-state index in [4.69, 9.17) is 19.4 Å². The highest BCUT2D eigenvalue weighted by Gasteiger charge is 2.35. The van der Waals surface area contributed by atoms with Crippen molar-refractivity contribution >= 4 is 22.8 Å². The number of hydrogen-bond acceptors (Lipinski definition) is 7. The molecule has 1 unspecified atom stereocenters. The first kappa shape index (κ1) is 31.6. The minimum absolute atomic E-state index is 0.290. The topological polar surface area (TPSA) is 93.0 Å². The van der Waals surface area contributed by atoms with Crippen molar-refractivity contribution in [2.45, 2.75) is 78.0 Å². The van der Waals surface area contributed by atoms with E-state index in [9.17, 15) is 9.90 Å². The predicted octanol–water partition coefficient (Wildman–Crippen LogP) is 6.61. The molecule has 47 heavy (non-hydrogen) atoms. The third-order valence-electron chi connectivity index (χ3n) is 10.0. The van der Waals surface area contributed by atoms with E-state index in [1.54, 1.807) is 0 Å². The molecule has 0 radical (unpaired) electrons. The van der Waals surface area contributed by atoms with Crippen molar-refractivity contribution in [2.75, 3.05) is 37.7 Å². The molecular weight excluding hydrogens is 597 g/mol. The number of carbonyl (C=O) groups is 1. The van der Waals surface area contributed by atoms with Gasteiger partial charge in [0.2, 0.25) is 0 Å². The zero-order valence-electron chi connectivity index (χ0n) is 28.2. The number of pyridine rings is 2. The maximum absolute atomic E-state index is 15.8. The number of anilines is 1. The van der Waals surface area contributed by atoms with Gasteiger partial charge in [-0.1, -0.05) is 0 Å². The number of ether oxygens (including phenoxy) is 2. The third kappa shape index (κ3) is 5.65. The lowest BCUT2D eigenvalue weighted by atomic mass is 9.86. The molecule has 0 aliphatic carbocycles. The average molecular weight is 642 g/mol. The van der Waals surface area contributed by atoms with Crippen LogP contribution in [0.2, 0.25) is 0 Å². The van der Waals surface area contributed by atoms with Crippen molar-refractivity contribution in [3.8, 4) is 28.1 Å². The molecule has 4 aromatic rings. The molecule has 1 N–H and O–H groups in total. The highest BCUT2D eigenvalue weighted by Crippen LogP contribution is 2.45. The molecule has 6 heterocycles. The van der Waals surface area contributed by atoms with Gasteiger partial charge in [-0.15, -0.1) is 0 Å². The molecule has 3 aliphatic heterocycles. The van der Waals surface area contributed by atoms with Crippen LogP contribution in [0.5, 0.6) is 5.75 Å². The fourth-order valence-corrected chi connectivity index (χ4v) is 7.80. The molecular formula is C37H44FN5O4. The molecule has 0 saturated carbocycles. The van der Waals surface area contributed by atoms with Gasteiger partial charge in [-0.3, -0.25) is 4.90 Å². The minimum Gasteiger partial charge on any atom is -0.490 e. The highest BCUT2D eigenvalue weighted by molar-refractivity contribution is 6.01. The van der Waals surface area contributed by atoms with Crippen molar-refractivity contribution in [3.63, 3.8) is 0 Å². The number of hydrogen-bond donors (Lipinski definition) is 1. The number of carboxylic acids is 1. The Kier molecular flexibility index (Phi) is 7.99. The van der Waals surface area contributed by atoms with E-state index in [1.165, 1.54) is 25.5 Å². The van der Waals surface area contributed by atoms with Gasteiger partial charge in [-0.2, -0.15) is 0 Å². The Morgan fingerprint density at radius 1 is 1.15 bits per heavy atom. The first-order chi connectivity index (χ1) is 22.4. The van der Waals surface area contributed by atoms with Gasteiger partial charge >= 0.3 is 5.97 Å². The summed E-state index contributed by atoms with van der Waals surface area (Å²) in [5.74, 6) is -0.336. The number of halogens is 1. The van der Waals surface area contributed by atoms with E-state index in [0.29, 0.717) is 52.9 Å². The van der Waals surface area contributed by atoms with Crippen LogP contribution >= 0.6 is 0 Å². The number of aliphatic carboxylic acids is 1. The first-order valence-corrected chi connectivity index (χ1v) is 16.7. The molecule has 248 valence electrons. The largest absolute Gasteiger partial charge is 0.490 e. The van der Waals surface area contributed by atoms with Crippen LogP contribution in [0.15, 0.2) is 30.5 Å². The molecule has 0 amide bonds. The lowest BCUT2D eigenvalue weighted by Gasteiger charge is -2.38. The lowest BCUT2D eigenvalue weighted by Crippen LogP contribution is -2.50. The quantitative estimate of drug-likeness (QED) is 0.252. The molecule has 3 aromatic heterocycles. The number of nitrogens with zero attached hydrogens (tertiary/aromatic N) is 5. The summed E-state index contributed by atoms with van der Waals surface area (Å²) in [5.41, 5.74) is 5.72. The zero-order chi connectivity index (χ0) is 33.2. The maximum atomic E-state index is 15.8. The Bertz CT molecular complexity index is 1880. The summed E-state index contributed by atoms with van der Waals surface area (Å²) in [6.45, 7) is 13.9. The summed E-state index contributed by atoms with van der Waals surface area (Å²) >= 11 is 0. The van der Waals surface area contributed by atoms with Crippen molar-refractivity contribution in [3.05, 3.63) is 58.7 Å². The molecule has 3 aliphatic rings. The monoisotopic (exact) mass is 641 g/mol. The SMILES string of the molecule is Cc1nc2c(cc(-c3ccnc(N4CCN5CCCC5C4)c3)n2C)c(-c2cc(F)c3c(c2C)CCCO3)c1[C@H](OC(C)(C)C)C(=O)O. The number of aryl methyl sites for hydroxylation is 2. The van der Waals surface area contributed by atoms with Crippen LogP contribution < -0.4 is 9.64 Å². The summed E-state index contributed by atoms with van der Waals surface area (Å²) < 4.78 is 29.8. The molecule has 0 spiro atoms. The number of piperazine rings is 1. The van der Waals surface area contributed by atoms with E-state index >= 15 is 4.39 Å². The number of benzene rings is 1. The number of rotatable bonds is 6. The van der Waals surface area contributed by atoms with E-state index in [0.717, 1.165) is 59.6 Å². The summed E-state index contributed by atoms with van der Waals surface area (Å²) in [5, 5.41) is 11.3. The molecule has 7 rings (SSSR count). The molecule has 2 saturated heterocycles. The molecule has 9 nitrogen and oxygen atoms in total. The second kappa shape index (κ2) is 11.9. The summed E-state index contributed by atoms with van der Waals surface area (Å²) in [6.07, 6.45) is 4.49. The maximum Gasteiger partial charge on any atom is 0.337 e. The Hall–Kier alpha value is -4.02. The Balaban J connectivity index is 1.43. The van der Waals surface area contributed by atoms with E-state index in [1.807, 2.05) is 58.5 Å². The summed E-state index contributed by atoms with van der Waals surface area (Å²) in [7, 11) is 1.97. The normalized spacial score (nSPS) is 19.0. The number of carboxylic acid groups (broad SMARTS) is 1. The summed E-state index contributed by atoms with van der Waals surface area (Å²) in [6, 6.07) is 8.25. The van der Waals surface area contributed by atoms with Crippen LogP contribution in [0, 0.1) is 19.7 Å². The smallest absolute Gasteiger partial charge is 0.337 e. The molecule has 2 atom stereocenters. The lowest BCUT2D eigenvalue weighted by molar-refractivity contribution is -0.160. The molecule has 2 fully saturated rings. The number of aromatic nitrogens is 3. The second-order valence-electron chi connectivity index (χ2n) is 14.2. The van der Waals surface area contributed by atoms with Gasteiger partial charge in [0, 0.05) is 72.3 Å². The van der Waals surface area contributed by atoms with Crippen LogP contribution in [0.3, 0.4) is 0 Å². The third-order valence-corrected chi connectivity index (χ3v) is 10.0. The van der Waals surface area contributed by atoms with Crippen molar-refractivity contribution in [1.82, 2.24) is 19.4 Å². The predicted molar refractivity (Wildman–Crippen MR) is 181 cm³/mol. The zero-order valence-corrected chi connectivity index (χ0v) is 28.2. The van der Waals surface area contributed by atoms with Gasteiger partial charge in [0.15, 0.2) is 17.7 Å². The Labute approximate surface area is 275 Å². The minimum atomic E-state index is -1.32. The van der Waals surface area contributed by atoms with Crippen LogP contribution in [-0.4, -0.2) is 74.9 Å². The average Bonchev–Trinajstić information content (AvgIpc) is 3.64. The van der Waals surface area contributed by atoms with Crippen LogP contribution in [0.25, 0.3) is 33.4 Å². The number of fused-ring (bicyclic) bond motifs is 3. The first-order valence-electron chi connectivity index (χ1n) is 16.7. The Morgan fingerprint density at radius 3 is 2.72 bits per heavy atom. The van der Waals surface area contributed by atoms with Gasteiger partial charge in [0.05, 0.1) is 17.9 Å². The highest BCUT2D eigenvalue weighted by atomic mass is 19.1. The van der Waals surface area contributed by atoms with Crippen LogP contribution in [0.4, 0.5) is 10.2 Å². The molecule has 10 heteroatoms. The second-order valence-corrected chi connectivity index (χ2v) is 14.2. The van der Waals surface area contributed by atoms with E-state index in [2.05, 4.69) is 21.9 Å². The van der Waals surface area contributed by atoms with Gasteiger partial charge < -0.3 is 24.0 Å². The van der Waals surface area contributed by atoms with E-state index in [-0.39, 0.29) is 0 Å². The fraction of sp³-hybridized carbons (Fsp3) is 0.486. The van der Waals surface area contributed by atoms with Crippen molar-refractivity contribution < 1.29 is 23.8 Å². The van der Waals surface area contributed by atoms with Crippen LogP contribution in [-0.2, 0) is 23.0 Å². The van der Waals surface area contributed by atoms with Gasteiger partial charge in [-0.05, 0) is 102 Å².